The van der Waals surface area contributed by atoms with Gasteiger partial charge >= 0.3 is 5.97 Å². The van der Waals surface area contributed by atoms with Crippen LogP contribution in [0.4, 0.5) is 0 Å². The van der Waals surface area contributed by atoms with E-state index in [1.54, 1.807) is 6.07 Å². The Bertz CT molecular complexity index is 341. The van der Waals surface area contributed by atoms with Gasteiger partial charge in [0.2, 0.25) is 0 Å². The van der Waals surface area contributed by atoms with Gasteiger partial charge in [0, 0.05) is 11.3 Å². The van der Waals surface area contributed by atoms with Crippen LogP contribution in [0.15, 0.2) is 6.07 Å². The van der Waals surface area contributed by atoms with Crippen molar-refractivity contribution in [2.45, 2.75) is 19.8 Å². The first-order valence-corrected chi connectivity index (χ1v) is 5.12. The van der Waals surface area contributed by atoms with E-state index in [1.165, 1.54) is 18.4 Å². The first-order chi connectivity index (χ1) is 6.69. The van der Waals surface area contributed by atoms with Gasteiger partial charge in [0.1, 0.15) is 11.2 Å². The van der Waals surface area contributed by atoms with Crippen LogP contribution >= 0.6 is 11.3 Å². The molecule has 0 amide bonds. The first kappa shape index (κ1) is 10.9. The van der Waals surface area contributed by atoms with Crippen molar-refractivity contribution in [1.29, 1.82) is 0 Å². The van der Waals surface area contributed by atoms with Gasteiger partial charge in [0.05, 0.1) is 7.11 Å². The fraction of sp³-hybridized carbons (Fsp3) is 0.400. The number of hydrogen-bond acceptors (Lipinski definition) is 4. The van der Waals surface area contributed by atoms with Crippen molar-refractivity contribution in [3.05, 3.63) is 21.4 Å². The quantitative estimate of drug-likeness (QED) is 0.566. The molecule has 0 aromatic carbocycles. The standard InChI is InChI=1S/C10H12O3S/c1-7-6-9(10(12)13-2)14-8(7)4-3-5-11/h5-6H,3-4H2,1-2H3. The van der Waals surface area contributed by atoms with Crippen LogP contribution in [0.2, 0.25) is 0 Å². The van der Waals surface area contributed by atoms with Gasteiger partial charge in [-0.05, 0) is 25.0 Å². The Balaban J connectivity index is 2.81. The summed E-state index contributed by atoms with van der Waals surface area (Å²) < 4.78 is 4.61. The second-order valence-electron chi connectivity index (χ2n) is 2.91. The molecule has 1 rings (SSSR count). The third kappa shape index (κ3) is 2.42. The summed E-state index contributed by atoms with van der Waals surface area (Å²) in [6.45, 7) is 1.93. The molecule has 1 heterocycles. The molecule has 76 valence electrons. The average molecular weight is 212 g/mol. The van der Waals surface area contributed by atoms with Crippen molar-refractivity contribution < 1.29 is 14.3 Å². The van der Waals surface area contributed by atoms with E-state index in [4.69, 9.17) is 0 Å². The molecule has 1 aromatic heterocycles. The molecule has 0 atom stereocenters. The van der Waals surface area contributed by atoms with Crippen LogP contribution in [-0.2, 0) is 16.0 Å². The molecule has 0 N–H and O–H groups in total. The maximum absolute atomic E-state index is 11.2. The van der Waals surface area contributed by atoms with Crippen molar-refractivity contribution in [2.24, 2.45) is 0 Å². The lowest BCUT2D eigenvalue weighted by Gasteiger charge is -1.93. The van der Waals surface area contributed by atoms with Crippen molar-refractivity contribution in [2.75, 3.05) is 7.11 Å². The lowest BCUT2D eigenvalue weighted by Crippen LogP contribution is -1.96. The molecule has 0 unspecified atom stereocenters. The van der Waals surface area contributed by atoms with Crippen LogP contribution in [0.1, 0.15) is 26.5 Å². The van der Waals surface area contributed by atoms with E-state index in [0.717, 1.165) is 16.7 Å². The van der Waals surface area contributed by atoms with Crippen LogP contribution in [-0.4, -0.2) is 19.4 Å². The highest BCUT2D eigenvalue weighted by atomic mass is 32.1. The molecule has 0 saturated heterocycles. The van der Waals surface area contributed by atoms with E-state index in [1.807, 2.05) is 6.92 Å². The minimum atomic E-state index is -0.310. The molecule has 0 aliphatic heterocycles. The van der Waals surface area contributed by atoms with E-state index >= 15 is 0 Å². The molecule has 4 heteroatoms. The van der Waals surface area contributed by atoms with E-state index in [9.17, 15) is 9.59 Å². The molecular weight excluding hydrogens is 200 g/mol. The molecular formula is C10H12O3S. The van der Waals surface area contributed by atoms with Gasteiger partial charge in [-0.3, -0.25) is 0 Å². The zero-order valence-corrected chi connectivity index (χ0v) is 9.02. The fourth-order valence-corrected chi connectivity index (χ4v) is 2.27. The fourth-order valence-electron chi connectivity index (χ4n) is 1.16. The number of thiophene rings is 1. The van der Waals surface area contributed by atoms with Gasteiger partial charge in [-0.25, -0.2) is 4.79 Å². The summed E-state index contributed by atoms with van der Waals surface area (Å²) in [7, 11) is 1.36. The largest absolute Gasteiger partial charge is 0.465 e. The summed E-state index contributed by atoms with van der Waals surface area (Å²) >= 11 is 1.40. The van der Waals surface area contributed by atoms with Crippen molar-refractivity contribution in [3.63, 3.8) is 0 Å². The second kappa shape index (κ2) is 4.91. The monoisotopic (exact) mass is 212 g/mol. The van der Waals surface area contributed by atoms with Gasteiger partial charge in [-0.1, -0.05) is 0 Å². The Morgan fingerprint density at radius 2 is 2.36 bits per heavy atom. The van der Waals surface area contributed by atoms with E-state index in [0.29, 0.717) is 17.7 Å². The predicted molar refractivity (Wildman–Crippen MR) is 54.8 cm³/mol. The lowest BCUT2D eigenvalue weighted by atomic mass is 10.2. The number of carbonyl (C=O) groups is 2. The topological polar surface area (TPSA) is 43.4 Å². The number of ether oxygens (including phenoxy) is 1. The number of aldehydes is 1. The minimum Gasteiger partial charge on any atom is -0.465 e. The average Bonchev–Trinajstić information content (AvgIpc) is 2.56. The summed E-state index contributed by atoms with van der Waals surface area (Å²) in [5.74, 6) is -0.310. The molecule has 3 nitrogen and oxygen atoms in total. The van der Waals surface area contributed by atoms with Crippen LogP contribution in [0.3, 0.4) is 0 Å². The molecule has 0 radical (unpaired) electrons. The maximum Gasteiger partial charge on any atom is 0.348 e. The number of esters is 1. The smallest absolute Gasteiger partial charge is 0.348 e. The third-order valence-corrected chi connectivity index (χ3v) is 3.17. The van der Waals surface area contributed by atoms with E-state index in [-0.39, 0.29) is 5.97 Å². The Kier molecular flexibility index (Phi) is 3.83. The molecule has 0 spiro atoms. The van der Waals surface area contributed by atoms with Crippen molar-refractivity contribution in [3.8, 4) is 0 Å². The summed E-state index contributed by atoms with van der Waals surface area (Å²) in [4.78, 5) is 23.1. The number of aryl methyl sites for hydroxylation is 2. The first-order valence-electron chi connectivity index (χ1n) is 4.30. The number of rotatable bonds is 4. The molecule has 0 fully saturated rings. The van der Waals surface area contributed by atoms with Crippen LogP contribution in [0, 0.1) is 6.92 Å². The Morgan fingerprint density at radius 1 is 1.64 bits per heavy atom. The third-order valence-electron chi connectivity index (χ3n) is 1.90. The lowest BCUT2D eigenvalue weighted by molar-refractivity contribution is -0.107. The van der Waals surface area contributed by atoms with Crippen molar-refractivity contribution >= 4 is 23.6 Å². The Hall–Kier alpha value is -1.16. The zero-order chi connectivity index (χ0) is 10.6. The van der Waals surface area contributed by atoms with Crippen LogP contribution in [0.5, 0.6) is 0 Å². The number of carbonyl (C=O) groups excluding carboxylic acids is 2. The predicted octanol–water partition coefficient (Wildman–Crippen LogP) is 1.97. The molecule has 14 heavy (non-hydrogen) atoms. The van der Waals surface area contributed by atoms with Gasteiger partial charge < -0.3 is 9.53 Å². The van der Waals surface area contributed by atoms with Gasteiger partial charge in [0.15, 0.2) is 0 Å². The molecule has 1 aromatic rings. The summed E-state index contributed by atoms with van der Waals surface area (Å²) in [5.41, 5.74) is 1.05. The summed E-state index contributed by atoms with van der Waals surface area (Å²) in [6, 6.07) is 1.80. The molecule has 0 aliphatic rings. The Morgan fingerprint density at radius 3 is 2.93 bits per heavy atom. The minimum absolute atomic E-state index is 0.310. The van der Waals surface area contributed by atoms with E-state index < -0.39 is 0 Å². The highest BCUT2D eigenvalue weighted by Gasteiger charge is 2.11. The SMILES string of the molecule is COC(=O)c1cc(C)c(CCC=O)s1. The number of methoxy groups -OCH3 is 1. The molecule has 0 bridgehead atoms. The highest BCUT2D eigenvalue weighted by Crippen LogP contribution is 2.23. The van der Waals surface area contributed by atoms with E-state index in [2.05, 4.69) is 4.74 Å². The second-order valence-corrected chi connectivity index (χ2v) is 4.05. The van der Waals surface area contributed by atoms with Crippen LogP contribution < -0.4 is 0 Å². The summed E-state index contributed by atoms with van der Waals surface area (Å²) in [5, 5.41) is 0. The van der Waals surface area contributed by atoms with Crippen molar-refractivity contribution in [1.82, 2.24) is 0 Å². The highest BCUT2D eigenvalue weighted by molar-refractivity contribution is 7.14. The maximum atomic E-state index is 11.2. The zero-order valence-electron chi connectivity index (χ0n) is 8.20. The normalized spacial score (nSPS) is 9.86. The summed E-state index contributed by atoms with van der Waals surface area (Å²) in [6.07, 6.45) is 2.09. The molecule has 0 saturated carbocycles. The van der Waals surface area contributed by atoms with Gasteiger partial charge in [0.25, 0.3) is 0 Å². The number of hydrogen-bond donors (Lipinski definition) is 0. The van der Waals surface area contributed by atoms with Gasteiger partial charge in [-0.15, -0.1) is 11.3 Å². The van der Waals surface area contributed by atoms with Gasteiger partial charge in [-0.2, -0.15) is 0 Å². The Labute approximate surface area is 86.7 Å². The van der Waals surface area contributed by atoms with Crippen LogP contribution in [0.25, 0.3) is 0 Å². The molecule has 0 aliphatic carbocycles.